The molecule has 3 aromatic carbocycles. The van der Waals surface area contributed by atoms with E-state index in [1.165, 1.54) is 43.3 Å². The molecule has 60 heavy (non-hydrogen) atoms. The first-order valence-electron chi connectivity index (χ1n) is 18.7. The average molecular weight is 947 g/mol. The van der Waals surface area contributed by atoms with E-state index in [1.54, 1.807) is 18.2 Å². The first-order valence-corrected chi connectivity index (χ1v) is 20.9. The number of hydrogen-bond acceptors (Lipinski definition) is 10. The van der Waals surface area contributed by atoms with Crippen LogP contribution in [0, 0.1) is 35.5 Å². The van der Waals surface area contributed by atoms with Crippen molar-refractivity contribution in [1.29, 1.82) is 0 Å². The van der Waals surface area contributed by atoms with Crippen molar-refractivity contribution in [3.05, 3.63) is 101 Å². The molecule has 3 saturated carbocycles. The number of rotatable bonds is 16. The lowest BCUT2D eigenvalue weighted by Gasteiger charge is -2.28. The van der Waals surface area contributed by atoms with Gasteiger partial charge in [0, 0.05) is 41.4 Å². The molecule has 3 aromatic rings. The summed E-state index contributed by atoms with van der Waals surface area (Å²) in [7, 11) is 5.66. The molecule has 0 amide bonds. The predicted octanol–water partition coefficient (Wildman–Crippen LogP) is 8.98. The fourth-order valence-electron chi connectivity index (χ4n) is 6.55. The van der Waals surface area contributed by atoms with E-state index in [-0.39, 0.29) is 38.8 Å². The number of benzene rings is 3. The number of esters is 3. The molecule has 3 unspecified atom stereocenters. The minimum atomic E-state index is -1.15. The van der Waals surface area contributed by atoms with Gasteiger partial charge in [0.2, 0.25) is 6.29 Å². The molecule has 12 nitrogen and oxygen atoms in total. The Hall–Kier alpha value is -3.75. The molecular weight excluding hydrogens is 907 g/mol. The highest BCUT2D eigenvalue weighted by molar-refractivity contribution is 6.43. The largest absolute Gasteiger partial charge is 0.481 e. The number of likely N-dealkylation sites (N-methyl/N-ethyl adjacent to an activating group) is 1. The van der Waals surface area contributed by atoms with Crippen LogP contribution < -0.4 is 0 Å². The Morgan fingerprint density at radius 2 is 0.867 bits per heavy atom. The van der Waals surface area contributed by atoms with Gasteiger partial charge in [0.1, 0.15) is 6.54 Å². The number of aliphatic carboxylic acids is 1. The molecule has 0 aromatic heterocycles. The maximum Gasteiger partial charge on any atom is 0.312 e. The number of halogens is 6. The number of carboxylic acid groups (broad SMARTS) is 1. The van der Waals surface area contributed by atoms with Crippen LogP contribution in [-0.2, 0) is 33.4 Å². The summed E-state index contributed by atoms with van der Waals surface area (Å²) in [6.45, 7) is 1.78. The van der Waals surface area contributed by atoms with E-state index in [1.807, 2.05) is 21.1 Å². The molecular formula is C42H40Cl6NO11+. The number of nitrogens with zero attached hydrogens (tertiary/aromatic N) is 1. The van der Waals surface area contributed by atoms with Gasteiger partial charge in [0.15, 0.2) is 23.5 Å². The molecule has 18 heteroatoms. The Bertz CT molecular complexity index is 2130. The molecule has 0 spiro atoms. The maximum absolute atomic E-state index is 12.6. The van der Waals surface area contributed by atoms with Gasteiger partial charge in [-0.15, -0.1) is 0 Å². The Morgan fingerprint density at radius 3 is 1.15 bits per heavy atom. The molecule has 3 aliphatic rings. The molecule has 0 saturated heterocycles. The Balaban J connectivity index is 0.000000237. The van der Waals surface area contributed by atoms with Gasteiger partial charge in [-0.25, -0.2) is 0 Å². The molecule has 0 radical (unpaired) electrons. The fourth-order valence-corrected chi connectivity index (χ4v) is 7.45. The first kappa shape index (κ1) is 47.3. The lowest BCUT2D eigenvalue weighted by Crippen LogP contribution is -2.44. The van der Waals surface area contributed by atoms with Crippen LogP contribution in [0.2, 0.25) is 30.1 Å². The minimum absolute atomic E-state index is 0.188. The fraction of sp³-hybridized carbons (Fsp3) is 0.405. The standard InChI is InChI=1S/C24H18Cl4O6.C18H21Cl2NO5/c1-10(33-23(31)15-8-13(15)21(29)11-2-4-17(25)19(27)6-11)34-24(32)16-9-14(16)22(30)12-3-5-18(26)20(28)7-12;1-21(2,3)9-11(7-16(22)23)26-18(25)13-8-12(13)17(24)10-4-5-14(19)15(20)6-10/h2-7,10,13-16H,8-9H2,1H3;4-6,11-13H,7-9H2,1-3H3/p+1/t10?,13-,14?,15-,16?;11-,12-,13-/m00/s1. The minimum Gasteiger partial charge on any atom is -0.481 e. The Labute approximate surface area is 375 Å². The van der Waals surface area contributed by atoms with Crippen LogP contribution in [-0.4, -0.2) is 90.9 Å². The second-order valence-electron chi connectivity index (χ2n) is 15.9. The van der Waals surface area contributed by atoms with Crippen LogP contribution in [0.4, 0.5) is 0 Å². The molecule has 0 bridgehead atoms. The molecule has 0 aliphatic heterocycles. The van der Waals surface area contributed by atoms with Crippen molar-refractivity contribution in [1.82, 2.24) is 0 Å². The van der Waals surface area contributed by atoms with Gasteiger partial charge in [-0.05, 0) is 73.9 Å². The lowest BCUT2D eigenvalue weighted by atomic mass is 10.1. The van der Waals surface area contributed by atoms with E-state index in [4.69, 9.17) is 88.9 Å². The third-order valence-corrected chi connectivity index (χ3v) is 12.1. The summed E-state index contributed by atoms with van der Waals surface area (Å²) in [6.07, 6.45) is -1.09. The zero-order valence-corrected chi connectivity index (χ0v) is 37.1. The maximum atomic E-state index is 12.6. The third-order valence-electron chi connectivity index (χ3n) is 9.90. The van der Waals surface area contributed by atoms with Crippen molar-refractivity contribution in [3.63, 3.8) is 0 Å². The molecule has 3 aliphatic carbocycles. The normalized spacial score (nSPS) is 22.2. The highest BCUT2D eigenvalue weighted by atomic mass is 35.5. The molecule has 1 N–H and O–H groups in total. The van der Waals surface area contributed by atoms with Gasteiger partial charge >= 0.3 is 23.9 Å². The quantitative estimate of drug-likeness (QED) is 0.0630. The van der Waals surface area contributed by atoms with Crippen molar-refractivity contribution in [2.24, 2.45) is 35.5 Å². The SMILES string of the molecule is CC(OC(=O)C1CC1C(=O)c1ccc(Cl)c(Cl)c1)OC(=O)[C@H]1C[C@@H]1C(=O)c1ccc(Cl)c(Cl)c1.C[N+](C)(C)C[C@H](CC(=O)O)OC(=O)[C@H]1C[C@@H]1C(=O)c1ccc(Cl)c(Cl)c1. The molecule has 320 valence electrons. The van der Waals surface area contributed by atoms with E-state index < -0.39 is 71.8 Å². The molecule has 0 heterocycles. The van der Waals surface area contributed by atoms with Gasteiger partial charge in [-0.2, -0.15) is 0 Å². The monoisotopic (exact) mass is 944 g/mol. The Kier molecular flexibility index (Phi) is 15.4. The van der Waals surface area contributed by atoms with Crippen LogP contribution >= 0.6 is 69.6 Å². The number of carbonyl (C=O) groups is 7. The van der Waals surface area contributed by atoms with E-state index in [2.05, 4.69) is 0 Å². The van der Waals surface area contributed by atoms with Crippen molar-refractivity contribution >= 4 is 111 Å². The number of ether oxygens (including phenoxy) is 3. The van der Waals surface area contributed by atoms with Crippen molar-refractivity contribution in [2.75, 3.05) is 27.7 Å². The molecule has 3 fully saturated rings. The van der Waals surface area contributed by atoms with E-state index in [0.29, 0.717) is 62.0 Å². The summed E-state index contributed by atoms with van der Waals surface area (Å²) in [5, 5.41) is 10.8. The van der Waals surface area contributed by atoms with Crippen molar-refractivity contribution in [2.45, 2.75) is 45.0 Å². The van der Waals surface area contributed by atoms with Crippen molar-refractivity contribution < 1.29 is 57.4 Å². The highest BCUT2D eigenvalue weighted by Gasteiger charge is 2.52. The van der Waals surface area contributed by atoms with Crippen LogP contribution in [0.5, 0.6) is 0 Å². The average Bonchev–Trinajstić information content (AvgIpc) is 4.03. The molecule has 6 rings (SSSR count). The number of Topliss-reactive ketones (excluding diaryl/α,β-unsaturated/α-hetero) is 3. The first-order chi connectivity index (χ1) is 28.0. The van der Waals surface area contributed by atoms with Gasteiger partial charge < -0.3 is 23.8 Å². The summed E-state index contributed by atoms with van der Waals surface area (Å²) < 4.78 is 16.2. The van der Waals surface area contributed by atoms with E-state index in [0.717, 1.165) is 0 Å². The second-order valence-corrected chi connectivity index (χ2v) is 18.3. The number of carboxylic acids is 1. The van der Waals surface area contributed by atoms with E-state index in [9.17, 15) is 33.6 Å². The van der Waals surface area contributed by atoms with E-state index >= 15 is 0 Å². The number of quaternary nitrogens is 1. The summed E-state index contributed by atoms with van der Waals surface area (Å²) >= 11 is 35.4. The Morgan fingerprint density at radius 1 is 0.550 bits per heavy atom. The van der Waals surface area contributed by atoms with Crippen LogP contribution in [0.1, 0.15) is 63.7 Å². The van der Waals surface area contributed by atoms with Gasteiger partial charge in [0.25, 0.3) is 0 Å². The second kappa shape index (κ2) is 19.5. The number of hydrogen-bond donors (Lipinski definition) is 1. The summed E-state index contributed by atoms with van der Waals surface area (Å²) in [6, 6.07) is 13.7. The number of carbonyl (C=O) groups excluding carboxylic acids is 6. The van der Waals surface area contributed by atoms with Crippen LogP contribution in [0.15, 0.2) is 54.6 Å². The molecule has 8 atom stereocenters. The summed E-state index contributed by atoms with van der Waals surface area (Å²) in [5.41, 5.74) is 1.12. The van der Waals surface area contributed by atoms with Gasteiger partial charge in [-0.1, -0.05) is 69.6 Å². The third kappa shape index (κ3) is 12.7. The van der Waals surface area contributed by atoms with Crippen molar-refractivity contribution in [3.8, 4) is 0 Å². The smallest absolute Gasteiger partial charge is 0.312 e. The topological polar surface area (TPSA) is 167 Å². The predicted molar refractivity (Wildman–Crippen MR) is 224 cm³/mol. The highest BCUT2D eigenvalue weighted by Crippen LogP contribution is 2.45. The zero-order valence-electron chi connectivity index (χ0n) is 32.6. The van der Waals surface area contributed by atoms with Gasteiger partial charge in [-0.3, -0.25) is 33.6 Å². The van der Waals surface area contributed by atoms with Crippen LogP contribution in [0.3, 0.4) is 0 Å². The number of ketones is 3. The summed E-state index contributed by atoms with van der Waals surface area (Å²) in [5.74, 6) is -6.75. The summed E-state index contributed by atoms with van der Waals surface area (Å²) in [4.78, 5) is 85.7. The zero-order chi connectivity index (χ0) is 44.4. The lowest BCUT2D eigenvalue weighted by molar-refractivity contribution is -0.873. The van der Waals surface area contributed by atoms with Gasteiger partial charge in [0.05, 0.1) is 75.5 Å². The van der Waals surface area contributed by atoms with Crippen LogP contribution in [0.25, 0.3) is 0 Å².